The molecule has 0 N–H and O–H groups in total. The monoisotopic (exact) mass is 412 g/mol. The Morgan fingerprint density at radius 2 is 1.73 bits per heavy atom. The molecule has 0 heterocycles. The Balaban J connectivity index is 1.47. The van der Waals surface area contributed by atoms with Crippen molar-refractivity contribution in [1.29, 1.82) is 0 Å². The molecule has 30 heavy (non-hydrogen) atoms. The van der Waals surface area contributed by atoms with Gasteiger partial charge in [-0.1, -0.05) is 73.0 Å². The maximum absolute atomic E-state index is 2.76. The fourth-order valence-electron chi connectivity index (χ4n) is 9.51. The molecular formula is C30H52. The van der Waals surface area contributed by atoms with Crippen LogP contribution in [0.5, 0.6) is 0 Å². The lowest BCUT2D eigenvalue weighted by atomic mass is 9.46. The number of hydrogen-bond donors (Lipinski definition) is 0. The van der Waals surface area contributed by atoms with Crippen molar-refractivity contribution in [2.45, 2.75) is 119 Å². The quantitative estimate of drug-likeness (QED) is 0.381. The third-order valence-corrected chi connectivity index (χ3v) is 11.6. The average molecular weight is 413 g/mol. The zero-order valence-electron chi connectivity index (χ0n) is 21.5. The Hall–Kier alpha value is -0.260. The maximum atomic E-state index is 2.76. The highest BCUT2D eigenvalue weighted by atomic mass is 14.6. The first kappa shape index (κ1) is 22.9. The summed E-state index contributed by atoms with van der Waals surface area (Å²) in [7, 11) is 0. The second-order valence-electron chi connectivity index (χ2n) is 13.3. The van der Waals surface area contributed by atoms with Gasteiger partial charge in [0.15, 0.2) is 0 Å². The maximum Gasteiger partial charge on any atom is -0.00851 e. The van der Waals surface area contributed by atoms with E-state index in [1.807, 2.05) is 5.57 Å². The Kier molecular flexibility index (Phi) is 6.56. The molecule has 0 aromatic carbocycles. The smallest absolute Gasteiger partial charge is 0.00851 e. The summed E-state index contributed by atoms with van der Waals surface area (Å²) < 4.78 is 0. The molecule has 3 saturated carbocycles. The fourth-order valence-corrected chi connectivity index (χ4v) is 9.51. The zero-order valence-corrected chi connectivity index (χ0v) is 21.5. The first-order chi connectivity index (χ1) is 14.2. The third-order valence-electron chi connectivity index (χ3n) is 11.6. The van der Waals surface area contributed by atoms with E-state index in [2.05, 4.69) is 54.5 Å². The van der Waals surface area contributed by atoms with Crippen LogP contribution in [0.3, 0.4) is 0 Å². The molecule has 0 spiro atoms. The summed E-state index contributed by atoms with van der Waals surface area (Å²) >= 11 is 0. The predicted molar refractivity (Wildman–Crippen MR) is 131 cm³/mol. The van der Waals surface area contributed by atoms with Crippen LogP contribution in [0.25, 0.3) is 0 Å². The van der Waals surface area contributed by atoms with E-state index in [4.69, 9.17) is 0 Å². The van der Waals surface area contributed by atoms with Gasteiger partial charge in [-0.15, -0.1) is 0 Å². The summed E-state index contributed by atoms with van der Waals surface area (Å²) in [5, 5.41) is 0. The van der Waals surface area contributed by atoms with E-state index in [1.165, 1.54) is 70.6 Å². The lowest BCUT2D eigenvalue weighted by Gasteiger charge is -2.58. The standard InChI is InChI=1S/C30H52/c1-8-23(20(2)3)10-9-22(5)26-13-14-27-25-12-11-24-19-21(4)15-17-29(24,6)28(25)16-18-30(26,27)7/h11,20-23,25-28H,8-10,12-19H2,1-7H3. The summed E-state index contributed by atoms with van der Waals surface area (Å²) in [5.74, 6) is 7.59. The van der Waals surface area contributed by atoms with E-state index >= 15 is 0 Å². The van der Waals surface area contributed by atoms with E-state index in [0.717, 1.165) is 47.3 Å². The number of hydrogen-bond acceptors (Lipinski definition) is 0. The highest BCUT2D eigenvalue weighted by Gasteiger charge is 2.58. The molecule has 0 bridgehead atoms. The van der Waals surface area contributed by atoms with Gasteiger partial charge >= 0.3 is 0 Å². The molecule has 172 valence electrons. The van der Waals surface area contributed by atoms with Crippen LogP contribution in [0, 0.1) is 58.2 Å². The Labute approximate surface area is 189 Å². The molecule has 0 heteroatoms. The van der Waals surface area contributed by atoms with E-state index in [1.54, 1.807) is 0 Å². The molecule has 4 aliphatic carbocycles. The first-order valence-corrected chi connectivity index (χ1v) is 13.9. The molecule has 0 aromatic rings. The van der Waals surface area contributed by atoms with Crippen molar-refractivity contribution in [3.05, 3.63) is 11.6 Å². The molecule has 4 aliphatic rings. The van der Waals surface area contributed by atoms with Crippen molar-refractivity contribution in [3.8, 4) is 0 Å². The van der Waals surface area contributed by atoms with Gasteiger partial charge in [0.25, 0.3) is 0 Å². The van der Waals surface area contributed by atoms with Crippen LogP contribution >= 0.6 is 0 Å². The lowest BCUT2D eigenvalue weighted by molar-refractivity contribution is -0.0525. The highest BCUT2D eigenvalue weighted by Crippen LogP contribution is 2.67. The van der Waals surface area contributed by atoms with Gasteiger partial charge < -0.3 is 0 Å². The molecule has 4 rings (SSSR count). The minimum absolute atomic E-state index is 0.548. The summed E-state index contributed by atoms with van der Waals surface area (Å²) in [5.41, 5.74) is 3.05. The summed E-state index contributed by atoms with van der Waals surface area (Å²) in [4.78, 5) is 0. The van der Waals surface area contributed by atoms with E-state index in [9.17, 15) is 0 Å². The summed E-state index contributed by atoms with van der Waals surface area (Å²) in [6.07, 6.45) is 18.9. The number of allylic oxidation sites excluding steroid dienone is 2. The first-order valence-electron chi connectivity index (χ1n) is 13.9. The molecule has 0 amide bonds. The number of rotatable bonds is 6. The Bertz CT molecular complexity index is 628. The molecular weight excluding hydrogens is 360 g/mol. The summed E-state index contributed by atoms with van der Waals surface area (Å²) in [6.45, 7) is 17.8. The van der Waals surface area contributed by atoms with Gasteiger partial charge in [0.05, 0.1) is 0 Å². The SMILES string of the molecule is CCC(CCC(C)C1CCC2C3CC=C4CC(C)CCC4(C)C3CCC12C)C(C)C. The van der Waals surface area contributed by atoms with E-state index < -0.39 is 0 Å². The molecule has 0 radical (unpaired) electrons. The molecule has 0 aromatic heterocycles. The summed E-state index contributed by atoms with van der Waals surface area (Å²) in [6, 6.07) is 0. The van der Waals surface area contributed by atoms with Crippen molar-refractivity contribution in [3.63, 3.8) is 0 Å². The fraction of sp³-hybridized carbons (Fsp3) is 0.933. The lowest BCUT2D eigenvalue weighted by Crippen LogP contribution is -2.50. The topological polar surface area (TPSA) is 0 Å². The minimum Gasteiger partial charge on any atom is -0.0845 e. The van der Waals surface area contributed by atoms with Crippen molar-refractivity contribution in [2.24, 2.45) is 58.2 Å². The Morgan fingerprint density at radius 1 is 0.967 bits per heavy atom. The van der Waals surface area contributed by atoms with Gasteiger partial charge in [0.2, 0.25) is 0 Å². The predicted octanol–water partition coefficient (Wildman–Crippen LogP) is 9.30. The molecule has 0 nitrogen and oxygen atoms in total. The minimum atomic E-state index is 0.548. The largest absolute Gasteiger partial charge is 0.0845 e. The molecule has 0 aliphatic heterocycles. The van der Waals surface area contributed by atoms with Crippen LogP contribution in [0.1, 0.15) is 119 Å². The molecule has 9 atom stereocenters. The second-order valence-corrected chi connectivity index (χ2v) is 13.3. The van der Waals surface area contributed by atoms with Crippen molar-refractivity contribution in [1.82, 2.24) is 0 Å². The van der Waals surface area contributed by atoms with Gasteiger partial charge in [-0.05, 0) is 116 Å². The molecule has 3 fully saturated rings. The van der Waals surface area contributed by atoms with Crippen molar-refractivity contribution < 1.29 is 0 Å². The van der Waals surface area contributed by atoms with Crippen LogP contribution in [-0.4, -0.2) is 0 Å². The van der Waals surface area contributed by atoms with Gasteiger partial charge in [-0.3, -0.25) is 0 Å². The van der Waals surface area contributed by atoms with Crippen LogP contribution in [0.4, 0.5) is 0 Å². The van der Waals surface area contributed by atoms with Gasteiger partial charge in [0, 0.05) is 0 Å². The van der Waals surface area contributed by atoms with E-state index in [0.29, 0.717) is 10.8 Å². The van der Waals surface area contributed by atoms with Gasteiger partial charge in [0.1, 0.15) is 0 Å². The van der Waals surface area contributed by atoms with Crippen molar-refractivity contribution >= 4 is 0 Å². The van der Waals surface area contributed by atoms with Crippen LogP contribution in [0.2, 0.25) is 0 Å². The van der Waals surface area contributed by atoms with Crippen molar-refractivity contribution in [2.75, 3.05) is 0 Å². The normalized spacial score (nSPS) is 45.3. The van der Waals surface area contributed by atoms with Crippen LogP contribution in [-0.2, 0) is 0 Å². The third kappa shape index (κ3) is 3.75. The molecule has 0 saturated heterocycles. The van der Waals surface area contributed by atoms with Gasteiger partial charge in [-0.2, -0.15) is 0 Å². The molecule has 9 unspecified atom stereocenters. The van der Waals surface area contributed by atoms with E-state index in [-0.39, 0.29) is 0 Å². The van der Waals surface area contributed by atoms with Crippen LogP contribution < -0.4 is 0 Å². The Morgan fingerprint density at radius 3 is 2.43 bits per heavy atom. The average Bonchev–Trinajstić information content (AvgIpc) is 3.06. The zero-order chi connectivity index (χ0) is 21.7. The number of fused-ring (bicyclic) bond motifs is 5. The van der Waals surface area contributed by atoms with Gasteiger partial charge in [-0.25, -0.2) is 0 Å². The second kappa shape index (κ2) is 8.59. The van der Waals surface area contributed by atoms with Crippen LogP contribution in [0.15, 0.2) is 11.6 Å². The highest BCUT2D eigenvalue weighted by molar-refractivity contribution is 5.25.